The van der Waals surface area contributed by atoms with Crippen LogP contribution < -0.4 is 4.90 Å². The van der Waals surface area contributed by atoms with Crippen LogP contribution in [0.1, 0.15) is 13.3 Å². The largest absolute Gasteiger partial charge is 0.311 e. The second-order valence-corrected chi connectivity index (χ2v) is 7.00. The number of hydrogen-bond donors (Lipinski definition) is 0. The van der Waals surface area contributed by atoms with Crippen LogP contribution in [0, 0.1) is 35.3 Å². The van der Waals surface area contributed by atoms with Crippen molar-refractivity contribution >= 4 is 23.4 Å². The lowest BCUT2D eigenvalue weighted by Crippen LogP contribution is -2.44. The fraction of sp³-hybridized carbons (Fsp3) is 0.421. The van der Waals surface area contributed by atoms with Gasteiger partial charge in [0.2, 0.25) is 17.7 Å². The van der Waals surface area contributed by atoms with Gasteiger partial charge in [-0.2, -0.15) is 0 Å². The number of allylic oxidation sites excluding steroid dienone is 2. The van der Waals surface area contributed by atoms with Crippen LogP contribution in [0.4, 0.5) is 14.5 Å². The number of imide groups is 1. The summed E-state index contributed by atoms with van der Waals surface area (Å²) in [6, 6.07) is 3.18. The van der Waals surface area contributed by atoms with Crippen LogP contribution >= 0.6 is 0 Å². The standard InChI is InChI=1S/C19H18F2N2O3/c1-2-22(12-5-6-13(20)14(21)8-12)15(24)9-23-18(25)16-10-3-4-11(7-10)17(16)19(23)26/h3-6,8,10-11,16-17H,2,7,9H2,1H3/t10-,11-,16-,17+/m0/s1. The fourth-order valence-electron chi connectivity index (χ4n) is 4.50. The molecule has 2 fully saturated rings. The number of halogens is 2. The number of fused-ring (bicyclic) bond motifs is 5. The molecule has 2 bridgehead atoms. The fourth-order valence-corrected chi connectivity index (χ4v) is 4.50. The molecule has 0 unspecified atom stereocenters. The zero-order chi connectivity index (χ0) is 18.6. The van der Waals surface area contributed by atoms with E-state index in [0.717, 1.165) is 23.5 Å². The van der Waals surface area contributed by atoms with Gasteiger partial charge in [0, 0.05) is 18.3 Å². The van der Waals surface area contributed by atoms with Crippen LogP contribution in [0.25, 0.3) is 0 Å². The summed E-state index contributed by atoms with van der Waals surface area (Å²) < 4.78 is 26.6. The molecule has 136 valence electrons. The van der Waals surface area contributed by atoms with E-state index in [2.05, 4.69) is 0 Å². The maximum absolute atomic E-state index is 13.5. The Bertz CT molecular complexity index is 808. The van der Waals surface area contributed by atoms with Gasteiger partial charge >= 0.3 is 0 Å². The predicted molar refractivity (Wildman–Crippen MR) is 88.8 cm³/mol. The van der Waals surface area contributed by atoms with E-state index in [1.54, 1.807) is 6.92 Å². The molecule has 1 heterocycles. The highest BCUT2D eigenvalue weighted by Gasteiger charge is 2.59. The van der Waals surface area contributed by atoms with Gasteiger partial charge in [0.1, 0.15) is 6.54 Å². The third kappa shape index (κ3) is 2.37. The number of benzene rings is 1. The summed E-state index contributed by atoms with van der Waals surface area (Å²) in [4.78, 5) is 40.3. The Kier molecular flexibility index (Phi) is 3.89. The summed E-state index contributed by atoms with van der Waals surface area (Å²) in [5, 5.41) is 0. The number of likely N-dealkylation sites (tertiary alicyclic amines) is 1. The Morgan fingerprint density at radius 2 is 1.73 bits per heavy atom. The topological polar surface area (TPSA) is 57.7 Å². The van der Waals surface area contributed by atoms with Crippen LogP contribution in [-0.4, -0.2) is 35.7 Å². The Balaban J connectivity index is 1.53. The van der Waals surface area contributed by atoms with Gasteiger partial charge in [0.25, 0.3) is 0 Å². The summed E-state index contributed by atoms with van der Waals surface area (Å²) in [5.41, 5.74) is 0.192. The first-order valence-corrected chi connectivity index (χ1v) is 8.71. The highest BCUT2D eigenvalue weighted by atomic mass is 19.2. The normalized spacial score (nSPS) is 28.8. The molecular formula is C19H18F2N2O3. The van der Waals surface area contributed by atoms with Gasteiger partial charge in [-0.15, -0.1) is 0 Å². The van der Waals surface area contributed by atoms with Gasteiger partial charge in [-0.3, -0.25) is 19.3 Å². The van der Waals surface area contributed by atoms with Crippen molar-refractivity contribution < 1.29 is 23.2 Å². The van der Waals surface area contributed by atoms with Crippen LogP contribution in [0.5, 0.6) is 0 Å². The predicted octanol–water partition coefficient (Wildman–Crippen LogP) is 2.12. The van der Waals surface area contributed by atoms with E-state index < -0.39 is 17.5 Å². The van der Waals surface area contributed by atoms with Crippen LogP contribution in [0.3, 0.4) is 0 Å². The van der Waals surface area contributed by atoms with E-state index in [1.807, 2.05) is 12.2 Å². The third-order valence-corrected chi connectivity index (χ3v) is 5.69. The second kappa shape index (κ2) is 6.00. The number of carbonyl (C=O) groups is 3. The average molecular weight is 360 g/mol. The first-order valence-electron chi connectivity index (χ1n) is 8.71. The van der Waals surface area contributed by atoms with Gasteiger partial charge < -0.3 is 4.90 Å². The average Bonchev–Trinajstić information content (AvgIpc) is 3.29. The molecule has 3 aliphatic rings. The lowest BCUT2D eigenvalue weighted by Gasteiger charge is -2.24. The number of likely N-dealkylation sites (N-methyl/N-ethyl adjacent to an activating group) is 1. The first kappa shape index (κ1) is 16.9. The van der Waals surface area contributed by atoms with E-state index in [-0.39, 0.29) is 54.3 Å². The summed E-state index contributed by atoms with van der Waals surface area (Å²) in [5.74, 6) is -3.71. The number of carbonyl (C=O) groups excluding carboxylic acids is 3. The van der Waals surface area contributed by atoms with E-state index in [1.165, 1.54) is 11.0 Å². The maximum atomic E-state index is 13.5. The molecule has 4 rings (SSSR count). The minimum absolute atomic E-state index is 0.0787. The van der Waals surface area contributed by atoms with Crippen molar-refractivity contribution in [3.05, 3.63) is 42.0 Å². The van der Waals surface area contributed by atoms with Gasteiger partial charge in [0.15, 0.2) is 11.6 Å². The SMILES string of the molecule is CCN(C(=O)CN1C(=O)[C@@H]2[C@H](C1=O)[C@H]1C=C[C@H]2C1)c1ccc(F)c(F)c1. The lowest BCUT2D eigenvalue weighted by molar-refractivity contribution is -0.143. The molecule has 26 heavy (non-hydrogen) atoms. The molecule has 7 heteroatoms. The molecule has 0 aromatic heterocycles. The molecule has 1 aromatic carbocycles. The van der Waals surface area contributed by atoms with Crippen molar-refractivity contribution in [3.8, 4) is 0 Å². The van der Waals surface area contributed by atoms with Gasteiger partial charge in [0.05, 0.1) is 11.8 Å². The lowest BCUT2D eigenvalue weighted by atomic mass is 9.85. The summed E-state index contributed by atoms with van der Waals surface area (Å²) in [6.45, 7) is 1.52. The third-order valence-electron chi connectivity index (χ3n) is 5.69. The minimum atomic E-state index is -1.06. The molecule has 5 nitrogen and oxygen atoms in total. The van der Waals surface area contributed by atoms with E-state index in [9.17, 15) is 23.2 Å². The zero-order valence-electron chi connectivity index (χ0n) is 14.2. The monoisotopic (exact) mass is 360 g/mol. The Labute approximate surface area is 149 Å². The number of hydrogen-bond acceptors (Lipinski definition) is 3. The number of anilines is 1. The zero-order valence-corrected chi connectivity index (χ0v) is 14.2. The molecule has 1 saturated heterocycles. The van der Waals surface area contributed by atoms with Crippen molar-refractivity contribution in [2.45, 2.75) is 13.3 Å². The van der Waals surface area contributed by atoms with Gasteiger partial charge in [-0.1, -0.05) is 12.2 Å². The van der Waals surface area contributed by atoms with Crippen LogP contribution in [0.15, 0.2) is 30.4 Å². The van der Waals surface area contributed by atoms with E-state index in [4.69, 9.17) is 0 Å². The number of amides is 3. The van der Waals surface area contributed by atoms with Crippen LogP contribution in [0.2, 0.25) is 0 Å². The van der Waals surface area contributed by atoms with Crippen molar-refractivity contribution in [2.24, 2.45) is 23.7 Å². The second-order valence-electron chi connectivity index (χ2n) is 7.00. The van der Waals surface area contributed by atoms with Crippen molar-refractivity contribution in [3.63, 3.8) is 0 Å². The molecule has 2 aliphatic carbocycles. The molecule has 1 saturated carbocycles. The van der Waals surface area contributed by atoms with E-state index >= 15 is 0 Å². The number of rotatable bonds is 4. The maximum Gasteiger partial charge on any atom is 0.247 e. The quantitative estimate of drug-likeness (QED) is 0.611. The van der Waals surface area contributed by atoms with Gasteiger partial charge in [-0.25, -0.2) is 8.78 Å². The Morgan fingerprint density at radius 3 is 2.27 bits per heavy atom. The molecule has 0 N–H and O–H groups in total. The molecule has 1 aliphatic heterocycles. The summed E-state index contributed by atoms with van der Waals surface area (Å²) >= 11 is 0. The van der Waals surface area contributed by atoms with Gasteiger partial charge in [-0.05, 0) is 37.3 Å². The molecule has 1 aromatic rings. The number of nitrogens with zero attached hydrogens (tertiary/aromatic N) is 2. The highest BCUT2D eigenvalue weighted by molar-refractivity contribution is 6.10. The van der Waals surface area contributed by atoms with Crippen molar-refractivity contribution in [2.75, 3.05) is 18.0 Å². The molecular weight excluding hydrogens is 342 g/mol. The molecule has 3 amide bonds. The molecule has 4 atom stereocenters. The highest BCUT2D eigenvalue weighted by Crippen LogP contribution is 2.52. The minimum Gasteiger partial charge on any atom is -0.311 e. The smallest absolute Gasteiger partial charge is 0.247 e. The summed E-state index contributed by atoms with van der Waals surface area (Å²) in [6.07, 6.45) is 4.80. The van der Waals surface area contributed by atoms with Crippen molar-refractivity contribution in [1.82, 2.24) is 4.90 Å². The first-order chi connectivity index (χ1) is 12.4. The summed E-state index contributed by atoms with van der Waals surface area (Å²) in [7, 11) is 0. The molecule has 0 spiro atoms. The van der Waals surface area contributed by atoms with Crippen LogP contribution in [-0.2, 0) is 14.4 Å². The molecule has 0 radical (unpaired) electrons. The van der Waals surface area contributed by atoms with E-state index in [0.29, 0.717) is 0 Å². The Morgan fingerprint density at radius 1 is 1.12 bits per heavy atom. The van der Waals surface area contributed by atoms with Crippen molar-refractivity contribution in [1.29, 1.82) is 0 Å². The Hall–Kier alpha value is -2.57.